The lowest BCUT2D eigenvalue weighted by Gasteiger charge is -2.15. The zero-order chi connectivity index (χ0) is 12.8. The summed E-state index contributed by atoms with van der Waals surface area (Å²) in [5, 5.41) is 12.3. The second kappa shape index (κ2) is 6.97. The Kier molecular flexibility index (Phi) is 5.92. The lowest BCUT2D eigenvalue weighted by atomic mass is 10.1. The first kappa shape index (κ1) is 14.5. The molecule has 4 heteroatoms. The highest BCUT2D eigenvalue weighted by atomic mass is 16.5. The number of hydrogen-bond donors (Lipinski definition) is 2. The molecular weight excluding hydrogens is 218 g/mol. The van der Waals surface area contributed by atoms with E-state index in [-0.39, 0.29) is 17.9 Å². The van der Waals surface area contributed by atoms with Gasteiger partial charge in [-0.1, -0.05) is 13.8 Å². The van der Waals surface area contributed by atoms with Crippen LogP contribution in [0.3, 0.4) is 0 Å². The van der Waals surface area contributed by atoms with Crippen molar-refractivity contribution in [3.05, 3.63) is 0 Å². The summed E-state index contributed by atoms with van der Waals surface area (Å²) >= 11 is 0. The van der Waals surface area contributed by atoms with Crippen molar-refractivity contribution in [2.45, 2.75) is 64.8 Å². The fourth-order valence-corrected chi connectivity index (χ4v) is 1.93. The van der Waals surface area contributed by atoms with E-state index in [0.29, 0.717) is 19.1 Å². The second-order valence-electron chi connectivity index (χ2n) is 5.30. The maximum atomic E-state index is 11.5. The maximum absolute atomic E-state index is 11.5. The maximum Gasteiger partial charge on any atom is 0.220 e. The number of nitrogens with one attached hydrogen (secondary N) is 1. The first-order valence-electron chi connectivity index (χ1n) is 6.59. The predicted octanol–water partition coefficient (Wildman–Crippen LogP) is 1.47. The summed E-state index contributed by atoms with van der Waals surface area (Å²) in [7, 11) is 0. The predicted molar refractivity (Wildman–Crippen MR) is 66.7 cm³/mol. The van der Waals surface area contributed by atoms with Gasteiger partial charge in [-0.25, -0.2) is 0 Å². The molecular formula is C13H25NO3. The summed E-state index contributed by atoms with van der Waals surface area (Å²) in [6, 6.07) is 0. The highest BCUT2D eigenvalue weighted by Crippen LogP contribution is 2.22. The molecule has 1 aliphatic rings. The molecule has 1 fully saturated rings. The Morgan fingerprint density at radius 2 is 2.18 bits per heavy atom. The van der Waals surface area contributed by atoms with Crippen LogP contribution in [0.15, 0.2) is 0 Å². The topological polar surface area (TPSA) is 58.6 Å². The third-order valence-corrected chi connectivity index (χ3v) is 3.29. The van der Waals surface area contributed by atoms with E-state index >= 15 is 0 Å². The summed E-state index contributed by atoms with van der Waals surface area (Å²) in [6.45, 7) is 6.28. The van der Waals surface area contributed by atoms with E-state index in [2.05, 4.69) is 12.2 Å². The molecule has 4 nitrogen and oxygen atoms in total. The minimum atomic E-state index is -0.457. The van der Waals surface area contributed by atoms with Gasteiger partial charge in [-0.15, -0.1) is 0 Å². The molecule has 1 rings (SSSR count). The van der Waals surface area contributed by atoms with Crippen LogP contribution >= 0.6 is 0 Å². The van der Waals surface area contributed by atoms with Crippen molar-refractivity contribution in [3.8, 4) is 0 Å². The van der Waals surface area contributed by atoms with E-state index < -0.39 is 6.10 Å². The van der Waals surface area contributed by atoms with Crippen molar-refractivity contribution in [2.75, 3.05) is 6.54 Å². The molecule has 0 aromatic heterocycles. The third-order valence-electron chi connectivity index (χ3n) is 3.29. The molecule has 0 bridgehead atoms. The molecule has 1 amide bonds. The van der Waals surface area contributed by atoms with E-state index in [1.54, 1.807) is 0 Å². The summed E-state index contributed by atoms with van der Waals surface area (Å²) in [4.78, 5) is 11.5. The molecule has 0 radical (unpaired) electrons. The van der Waals surface area contributed by atoms with Crippen molar-refractivity contribution in [1.29, 1.82) is 0 Å². The largest absolute Gasteiger partial charge is 0.391 e. The Bertz CT molecular complexity index is 243. The van der Waals surface area contributed by atoms with Gasteiger partial charge in [0.1, 0.15) is 0 Å². The van der Waals surface area contributed by atoms with Gasteiger partial charge in [0, 0.05) is 13.0 Å². The van der Waals surface area contributed by atoms with Crippen molar-refractivity contribution in [3.63, 3.8) is 0 Å². The van der Waals surface area contributed by atoms with Gasteiger partial charge in [0.15, 0.2) is 0 Å². The second-order valence-corrected chi connectivity index (χ2v) is 5.30. The van der Waals surface area contributed by atoms with Gasteiger partial charge in [-0.2, -0.15) is 0 Å². The summed E-state index contributed by atoms with van der Waals surface area (Å²) in [5.74, 6) is 0.183. The van der Waals surface area contributed by atoms with Crippen molar-refractivity contribution in [1.82, 2.24) is 5.32 Å². The molecule has 0 aliphatic carbocycles. The quantitative estimate of drug-likeness (QED) is 0.742. The monoisotopic (exact) mass is 243 g/mol. The minimum Gasteiger partial charge on any atom is -0.391 e. The number of hydrogen-bond acceptors (Lipinski definition) is 3. The van der Waals surface area contributed by atoms with E-state index in [9.17, 15) is 9.90 Å². The Hall–Kier alpha value is -0.610. The molecule has 0 spiro atoms. The molecule has 1 saturated heterocycles. The molecule has 0 aromatic rings. The van der Waals surface area contributed by atoms with Crippen LogP contribution in [-0.2, 0) is 9.53 Å². The summed E-state index contributed by atoms with van der Waals surface area (Å²) < 4.78 is 5.65. The molecule has 3 atom stereocenters. The molecule has 0 aromatic carbocycles. The van der Waals surface area contributed by atoms with Gasteiger partial charge in [0.2, 0.25) is 5.91 Å². The molecule has 100 valence electrons. The zero-order valence-electron chi connectivity index (χ0n) is 11.1. The highest BCUT2D eigenvalue weighted by molar-refractivity contribution is 5.75. The fourth-order valence-electron chi connectivity index (χ4n) is 1.93. The van der Waals surface area contributed by atoms with Crippen molar-refractivity contribution < 1.29 is 14.6 Å². The molecule has 0 saturated carbocycles. The van der Waals surface area contributed by atoms with Gasteiger partial charge < -0.3 is 15.2 Å². The molecule has 3 unspecified atom stereocenters. The van der Waals surface area contributed by atoms with Crippen LogP contribution in [0.5, 0.6) is 0 Å². The summed E-state index contributed by atoms with van der Waals surface area (Å²) in [5.41, 5.74) is 0. The molecule has 1 heterocycles. The van der Waals surface area contributed by atoms with Crippen LogP contribution in [0.25, 0.3) is 0 Å². The van der Waals surface area contributed by atoms with Crippen LogP contribution < -0.4 is 5.32 Å². The average molecular weight is 243 g/mol. The molecule has 1 aliphatic heterocycles. The van der Waals surface area contributed by atoms with Gasteiger partial charge in [-0.3, -0.25) is 4.79 Å². The number of aliphatic hydroxyl groups is 1. The Morgan fingerprint density at radius 3 is 2.71 bits per heavy atom. The van der Waals surface area contributed by atoms with E-state index in [4.69, 9.17) is 4.74 Å². The standard InChI is InChI=1S/C13H25NO3/c1-9(2)12(15)8-14-13(16)7-6-11-5-4-10(3)17-11/h9-12,15H,4-8H2,1-3H3,(H,14,16). The minimum absolute atomic E-state index is 0.00727. The normalized spacial score (nSPS) is 26.2. The average Bonchev–Trinajstić information content (AvgIpc) is 2.69. The third kappa shape index (κ3) is 5.50. The van der Waals surface area contributed by atoms with E-state index in [0.717, 1.165) is 19.3 Å². The lowest BCUT2D eigenvalue weighted by Crippen LogP contribution is -2.34. The fraction of sp³-hybridized carbons (Fsp3) is 0.923. The lowest BCUT2D eigenvalue weighted by molar-refractivity contribution is -0.122. The zero-order valence-corrected chi connectivity index (χ0v) is 11.1. The number of rotatable bonds is 6. The van der Waals surface area contributed by atoms with Gasteiger partial charge in [0.25, 0.3) is 0 Å². The first-order valence-corrected chi connectivity index (χ1v) is 6.59. The van der Waals surface area contributed by atoms with Gasteiger partial charge >= 0.3 is 0 Å². The summed E-state index contributed by atoms with van der Waals surface area (Å²) in [6.07, 6.45) is 3.55. The van der Waals surface area contributed by atoms with Crippen molar-refractivity contribution >= 4 is 5.91 Å². The Labute approximate surface area is 104 Å². The van der Waals surface area contributed by atoms with Crippen LogP contribution in [0.4, 0.5) is 0 Å². The first-order chi connectivity index (χ1) is 7.99. The van der Waals surface area contributed by atoms with Crippen LogP contribution in [-0.4, -0.2) is 35.9 Å². The SMILES string of the molecule is CC1CCC(CCC(=O)NCC(O)C(C)C)O1. The number of carbonyl (C=O) groups is 1. The van der Waals surface area contributed by atoms with Crippen LogP contribution in [0, 0.1) is 5.92 Å². The van der Waals surface area contributed by atoms with E-state index in [1.165, 1.54) is 0 Å². The van der Waals surface area contributed by atoms with E-state index in [1.807, 2.05) is 13.8 Å². The number of ether oxygens (including phenoxy) is 1. The molecule has 2 N–H and O–H groups in total. The van der Waals surface area contributed by atoms with Crippen LogP contribution in [0.2, 0.25) is 0 Å². The van der Waals surface area contributed by atoms with Crippen LogP contribution in [0.1, 0.15) is 46.5 Å². The number of carbonyl (C=O) groups excluding carboxylic acids is 1. The van der Waals surface area contributed by atoms with Crippen molar-refractivity contribution in [2.24, 2.45) is 5.92 Å². The smallest absolute Gasteiger partial charge is 0.220 e. The van der Waals surface area contributed by atoms with Gasteiger partial charge in [-0.05, 0) is 32.1 Å². The Balaban J connectivity index is 2.09. The Morgan fingerprint density at radius 1 is 1.47 bits per heavy atom. The number of amides is 1. The molecule has 17 heavy (non-hydrogen) atoms. The number of aliphatic hydroxyl groups excluding tert-OH is 1. The highest BCUT2D eigenvalue weighted by Gasteiger charge is 2.22. The van der Waals surface area contributed by atoms with Gasteiger partial charge in [0.05, 0.1) is 18.3 Å².